The summed E-state index contributed by atoms with van der Waals surface area (Å²) in [7, 11) is 0. The van der Waals surface area contributed by atoms with Gasteiger partial charge in [0.15, 0.2) is 0 Å². The molecular weight excluding hydrogens is 284 g/mol. The van der Waals surface area contributed by atoms with Crippen LogP contribution in [0.25, 0.3) is 33.2 Å². The summed E-state index contributed by atoms with van der Waals surface area (Å²) < 4.78 is 5.47. The first-order valence-corrected chi connectivity index (χ1v) is 7.50. The Morgan fingerprint density at radius 3 is 2.00 bits per heavy atom. The summed E-state index contributed by atoms with van der Waals surface area (Å²) in [6, 6.07) is 27.6. The number of benzene rings is 3. The largest absolute Gasteiger partial charge is 0.422 e. The van der Waals surface area contributed by atoms with E-state index in [9.17, 15) is 4.79 Å². The highest BCUT2D eigenvalue weighted by Gasteiger charge is 2.06. The van der Waals surface area contributed by atoms with Crippen LogP contribution in [0.1, 0.15) is 0 Å². The topological polar surface area (TPSA) is 30.2 Å². The van der Waals surface area contributed by atoms with Crippen LogP contribution in [0, 0.1) is 0 Å². The van der Waals surface area contributed by atoms with E-state index in [-0.39, 0.29) is 5.63 Å². The second-order valence-corrected chi connectivity index (χ2v) is 5.43. The molecule has 23 heavy (non-hydrogen) atoms. The lowest BCUT2D eigenvalue weighted by atomic mass is 10.0. The molecule has 0 saturated carbocycles. The van der Waals surface area contributed by atoms with Crippen LogP contribution in [-0.4, -0.2) is 0 Å². The van der Waals surface area contributed by atoms with Crippen molar-refractivity contribution in [3.05, 3.63) is 95.3 Å². The summed E-state index contributed by atoms with van der Waals surface area (Å²) in [4.78, 5) is 12.1. The number of rotatable bonds is 2. The molecule has 1 heterocycles. The normalized spacial score (nSPS) is 10.8. The van der Waals surface area contributed by atoms with Gasteiger partial charge in [0.25, 0.3) is 0 Å². The van der Waals surface area contributed by atoms with Gasteiger partial charge in [-0.1, -0.05) is 72.8 Å². The molecule has 2 nitrogen and oxygen atoms in total. The number of hydrogen-bond donors (Lipinski definition) is 0. The minimum absolute atomic E-state index is 0.301. The fourth-order valence-corrected chi connectivity index (χ4v) is 2.73. The average molecular weight is 298 g/mol. The smallest absolute Gasteiger partial charge is 0.344 e. The van der Waals surface area contributed by atoms with Gasteiger partial charge in [0.05, 0.1) is 5.39 Å². The zero-order valence-corrected chi connectivity index (χ0v) is 12.4. The summed E-state index contributed by atoms with van der Waals surface area (Å²) in [5, 5.41) is 1.50. The fourth-order valence-electron chi connectivity index (χ4n) is 2.73. The minimum Gasteiger partial charge on any atom is -0.422 e. The van der Waals surface area contributed by atoms with Gasteiger partial charge in [-0.3, -0.25) is 0 Å². The van der Waals surface area contributed by atoms with Crippen LogP contribution in [0.4, 0.5) is 0 Å². The van der Waals surface area contributed by atoms with E-state index >= 15 is 0 Å². The molecule has 0 radical (unpaired) electrons. The van der Waals surface area contributed by atoms with Crippen molar-refractivity contribution in [1.29, 1.82) is 0 Å². The van der Waals surface area contributed by atoms with Crippen molar-refractivity contribution in [2.75, 3.05) is 0 Å². The summed E-state index contributed by atoms with van der Waals surface area (Å²) in [5.41, 5.74) is 2.90. The molecule has 0 N–H and O–H groups in total. The number of fused-ring (bicyclic) bond motifs is 1. The van der Waals surface area contributed by atoms with Crippen LogP contribution in [0.3, 0.4) is 0 Å². The lowest BCUT2D eigenvalue weighted by Crippen LogP contribution is -1.99. The zero-order valence-electron chi connectivity index (χ0n) is 12.4. The second-order valence-electron chi connectivity index (χ2n) is 5.43. The Morgan fingerprint density at radius 2 is 1.22 bits per heavy atom. The molecule has 0 saturated heterocycles. The summed E-state index contributed by atoms with van der Waals surface area (Å²) in [6.07, 6.45) is 0. The lowest BCUT2D eigenvalue weighted by Gasteiger charge is -2.05. The van der Waals surface area contributed by atoms with Crippen molar-refractivity contribution >= 4 is 10.8 Å². The first-order chi connectivity index (χ1) is 11.3. The highest BCUT2D eigenvalue weighted by molar-refractivity contribution is 5.84. The first-order valence-electron chi connectivity index (χ1n) is 7.50. The van der Waals surface area contributed by atoms with E-state index < -0.39 is 0 Å². The molecule has 0 fully saturated rings. The molecule has 0 aliphatic heterocycles. The van der Waals surface area contributed by atoms with Gasteiger partial charge >= 0.3 is 5.63 Å². The predicted octanol–water partition coefficient (Wildman–Crippen LogP) is 5.13. The highest BCUT2D eigenvalue weighted by atomic mass is 16.4. The standard InChI is InChI=1S/C21H14O2/c22-21-19-9-5-4-8-18(19)14-20(23-21)17-12-10-16(11-13-17)15-6-2-1-3-7-15/h1-14H. The van der Waals surface area contributed by atoms with E-state index in [1.807, 2.05) is 66.7 Å². The number of hydrogen-bond acceptors (Lipinski definition) is 2. The molecule has 0 bridgehead atoms. The van der Waals surface area contributed by atoms with E-state index in [2.05, 4.69) is 12.1 Å². The second kappa shape index (κ2) is 5.58. The molecule has 4 aromatic rings. The maximum absolute atomic E-state index is 12.1. The highest BCUT2D eigenvalue weighted by Crippen LogP contribution is 2.25. The molecule has 0 spiro atoms. The molecule has 0 aliphatic rings. The fraction of sp³-hybridized carbons (Fsp3) is 0. The molecule has 3 aromatic carbocycles. The Labute approximate surface area is 133 Å². The Morgan fingerprint density at radius 1 is 0.609 bits per heavy atom. The zero-order chi connectivity index (χ0) is 15.6. The molecular formula is C21H14O2. The third-order valence-corrected chi connectivity index (χ3v) is 3.95. The SMILES string of the molecule is O=c1oc(-c2ccc(-c3ccccc3)cc2)cc2ccccc12. The van der Waals surface area contributed by atoms with E-state index in [0.717, 1.165) is 16.5 Å². The molecule has 2 heteroatoms. The van der Waals surface area contributed by atoms with Crippen LogP contribution in [0.5, 0.6) is 0 Å². The maximum atomic E-state index is 12.1. The Bertz CT molecular complexity index is 1010. The van der Waals surface area contributed by atoms with Gasteiger partial charge < -0.3 is 4.42 Å². The van der Waals surface area contributed by atoms with Crippen molar-refractivity contribution in [3.8, 4) is 22.5 Å². The van der Waals surface area contributed by atoms with E-state index in [4.69, 9.17) is 4.42 Å². The van der Waals surface area contributed by atoms with Crippen molar-refractivity contribution < 1.29 is 4.42 Å². The van der Waals surface area contributed by atoms with Crippen molar-refractivity contribution in [2.24, 2.45) is 0 Å². The molecule has 0 amide bonds. The molecule has 0 unspecified atom stereocenters. The monoisotopic (exact) mass is 298 g/mol. The van der Waals surface area contributed by atoms with Gasteiger partial charge in [0, 0.05) is 5.56 Å². The van der Waals surface area contributed by atoms with E-state index in [1.165, 1.54) is 5.56 Å². The predicted molar refractivity (Wildman–Crippen MR) is 93.4 cm³/mol. The lowest BCUT2D eigenvalue weighted by molar-refractivity contribution is 0.535. The minimum atomic E-state index is -0.301. The van der Waals surface area contributed by atoms with Gasteiger partial charge in [-0.15, -0.1) is 0 Å². The molecule has 1 aromatic heterocycles. The average Bonchev–Trinajstić information content (AvgIpc) is 2.63. The van der Waals surface area contributed by atoms with Crippen molar-refractivity contribution in [2.45, 2.75) is 0 Å². The van der Waals surface area contributed by atoms with Crippen LogP contribution >= 0.6 is 0 Å². The third kappa shape index (κ3) is 2.55. The molecule has 0 aliphatic carbocycles. The summed E-state index contributed by atoms with van der Waals surface area (Å²) in [5.74, 6) is 0.591. The van der Waals surface area contributed by atoms with Gasteiger partial charge in [-0.05, 0) is 28.6 Å². The summed E-state index contributed by atoms with van der Waals surface area (Å²) in [6.45, 7) is 0. The Balaban J connectivity index is 1.78. The van der Waals surface area contributed by atoms with Crippen LogP contribution in [0.2, 0.25) is 0 Å². The van der Waals surface area contributed by atoms with Crippen LogP contribution < -0.4 is 5.63 Å². The van der Waals surface area contributed by atoms with E-state index in [1.54, 1.807) is 6.07 Å². The van der Waals surface area contributed by atoms with Crippen molar-refractivity contribution in [1.82, 2.24) is 0 Å². The van der Waals surface area contributed by atoms with Gasteiger partial charge in [0.2, 0.25) is 0 Å². The van der Waals surface area contributed by atoms with E-state index in [0.29, 0.717) is 11.1 Å². The maximum Gasteiger partial charge on any atom is 0.344 e. The third-order valence-electron chi connectivity index (χ3n) is 3.95. The van der Waals surface area contributed by atoms with Gasteiger partial charge in [-0.25, -0.2) is 4.79 Å². The van der Waals surface area contributed by atoms with Gasteiger partial charge in [-0.2, -0.15) is 0 Å². The van der Waals surface area contributed by atoms with Crippen LogP contribution in [-0.2, 0) is 0 Å². The van der Waals surface area contributed by atoms with Crippen LogP contribution in [0.15, 0.2) is 94.1 Å². The quantitative estimate of drug-likeness (QED) is 0.513. The molecule has 4 rings (SSSR count). The Hall–Kier alpha value is -3.13. The summed E-state index contributed by atoms with van der Waals surface area (Å²) >= 11 is 0. The molecule has 0 atom stereocenters. The molecule has 110 valence electrons. The Kier molecular flexibility index (Phi) is 3.28. The first kappa shape index (κ1) is 13.5. The van der Waals surface area contributed by atoms with Crippen molar-refractivity contribution in [3.63, 3.8) is 0 Å². The van der Waals surface area contributed by atoms with Gasteiger partial charge in [0.1, 0.15) is 5.76 Å².